The minimum absolute atomic E-state index is 0.00600. The van der Waals surface area contributed by atoms with Crippen LogP contribution in [-0.2, 0) is 31.0 Å². The Balaban J connectivity index is 0.833. The van der Waals surface area contributed by atoms with Crippen LogP contribution in [0.3, 0.4) is 0 Å². The molecule has 0 amide bonds. The normalized spacial score (nSPS) is 11.6. The average molecular weight is 657 g/mol. The summed E-state index contributed by atoms with van der Waals surface area (Å²) in [6.07, 6.45) is 3.59. The summed E-state index contributed by atoms with van der Waals surface area (Å²) in [7, 11) is 0. The van der Waals surface area contributed by atoms with Crippen LogP contribution in [0.2, 0.25) is 0 Å². The van der Waals surface area contributed by atoms with Crippen LogP contribution in [0.1, 0.15) is 34.0 Å². The average Bonchev–Trinajstić information content (AvgIpc) is 3.93. The standard InChI is InChI=1S/C32H28N14O3/c33-29(34)17-1-5-23-25(9-17)39-31(37-23)27-7-3-21(48-27)13-45-11-19(41-43-45)15-47-16-20-12-46(44-42-20)14-22-4-8-28(49-22)32-38-24-6-2-18(30(35)36)10-26(24)40-32/h1-12H,13-16H2,(H3,33,34)(H3,35,36)(H,37,39)(H,38,40). The SMILES string of the molecule is N=C(N)c1ccc2nc(-c3ccc(Cn4cc(COCc5cn(Cc6ccc(-c7nc8ccc(C(=N)N)cc8[nH]7)o6)nn5)nn4)o3)[nH]c2c1. The first-order valence-electron chi connectivity index (χ1n) is 15.1. The molecule has 6 aromatic heterocycles. The molecule has 0 atom stereocenters. The molecule has 0 radical (unpaired) electrons. The summed E-state index contributed by atoms with van der Waals surface area (Å²) >= 11 is 0. The first-order chi connectivity index (χ1) is 23.8. The Kier molecular flexibility index (Phi) is 7.26. The molecule has 8 N–H and O–H groups in total. The number of rotatable bonds is 12. The second-order valence-electron chi connectivity index (χ2n) is 11.3. The number of nitrogens with one attached hydrogen (secondary N) is 4. The van der Waals surface area contributed by atoms with E-state index in [1.165, 1.54) is 0 Å². The van der Waals surface area contributed by atoms with Gasteiger partial charge in [0, 0.05) is 11.1 Å². The molecule has 244 valence electrons. The molecule has 0 aliphatic carbocycles. The van der Waals surface area contributed by atoms with Gasteiger partial charge >= 0.3 is 0 Å². The fraction of sp³-hybridized carbons (Fsp3) is 0.125. The highest BCUT2D eigenvalue weighted by Gasteiger charge is 2.14. The van der Waals surface area contributed by atoms with Gasteiger partial charge in [-0.3, -0.25) is 10.8 Å². The van der Waals surface area contributed by atoms with Crippen molar-refractivity contribution in [3.8, 4) is 23.2 Å². The van der Waals surface area contributed by atoms with Gasteiger partial charge in [-0.15, -0.1) is 10.2 Å². The van der Waals surface area contributed by atoms with Crippen molar-refractivity contribution in [1.82, 2.24) is 49.9 Å². The maximum atomic E-state index is 7.64. The minimum atomic E-state index is -0.00600. The lowest BCUT2D eigenvalue weighted by Gasteiger charge is -1.98. The monoisotopic (exact) mass is 656 g/mol. The Bertz CT molecular complexity index is 2300. The number of imidazole rings is 2. The summed E-state index contributed by atoms with van der Waals surface area (Å²) in [4.78, 5) is 15.6. The van der Waals surface area contributed by atoms with Gasteiger partial charge in [0.2, 0.25) is 0 Å². The zero-order valence-corrected chi connectivity index (χ0v) is 25.7. The smallest absolute Gasteiger partial charge is 0.174 e. The second kappa shape index (κ2) is 12.0. The van der Waals surface area contributed by atoms with Gasteiger partial charge in [0.15, 0.2) is 23.2 Å². The molecule has 0 saturated carbocycles. The molecule has 0 unspecified atom stereocenters. The van der Waals surface area contributed by atoms with E-state index in [0.29, 0.717) is 70.3 Å². The number of ether oxygens (including phenoxy) is 1. The summed E-state index contributed by atoms with van der Waals surface area (Å²) in [5.74, 6) is 3.66. The number of amidine groups is 2. The number of hydrogen-bond donors (Lipinski definition) is 6. The van der Waals surface area contributed by atoms with Crippen molar-refractivity contribution in [2.75, 3.05) is 0 Å². The lowest BCUT2D eigenvalue weighted by molar-refractivity contribution is 0.102. The summed E-state index contributed by atoms with van der Waals surface area (Å²) < 4.78 is 21.2. The van der Waals surface area contributed by atoms with Crippen molar-refractivity contribution in [3.63, 3.8) is 0 Å². The molecule has 0 spiro atoms. The number of nitrogens with two attached hydrogens (primary N) is 2. The molecule has 0 bridgehead atoms. The van der Waals surface area contributed by atoms with Crippen LogP contribution in [0.15, 0.2) is 81.9 Å². The molecule has 0 aliphatic heterocycles. The van der Waals surface area contributed by atoms with E-state index in [0.717, 1.165) is 22.1 Å². The maximum Gasteiger partial charge on any atom is 0.174 e. The molecule has 49 heavy (non-hydrogen) atoms. The van der Waals surface area contributed by atoms with Crippen molar-refractivity contribution in [2.24, 2.45) is 11.5 Å². The van der Waals surface area contributed by atoms with Gasteiger partial charge in [0.25, 0.3) is 0 Å². The van der Waals surface area contributed by atoms with Crippen molar-refractivity contribution in [1.29, 1.82) is 10.8 Å². The Hall–Kier alpha value is -6.88. The number of aromatic amines is 2. The highest BCUT2D eigenvalue weighted by Crippen LogP contribution is 2.25. The molecule has 6 heterocycles. The van der Waals surface area contributed by atoms with E-state index in [-0.39, 0.29) is 24.9 Å². The van der Waals surface area contributed by atoms with E-state index in [1.807, 2.05) is 36.4 Å². The summed E-state index contributed by atoms with van der Waals surface area (Å²) in [6.45, 7) is 1.23. The van der Waals surface area contributed by atoms with Crippen LogP contribution in [0.5, 0.6) is 0 Å². The van der Waals surface area contributed by atoms with Crippen LogP contribution in [0.4, 0.5) is 0 Å². The maximum absolute atomic E-state index is 7.64. The zero-order chi connectivity index (χ0) is 33.5. The fourth-order valence-corrected chi connectivity index (χ4v) is 5.31. The molecule has 8 rings (SSSR count). The molecule has 2 aromatic carbocycles. The number of nitrogens with zero attached hydrogens (tertiary/aromatic N) is 8. The minimum Gasteiger partial charge on any atom is -0.456 e. The lowest BCUT2D eigenvalue weighted by Crippen LogP contribution is -2.10. The zero-order valence-electron chi connectivity index (χ0n) is 25.7. The van der Waals surface area contributed by atoms with Crippen LogP contribution in [0, 0.1) is 10.8 Å². The number of aromatic nitrogens is 10. The molecule has 8 aromatic rings. The largest absolute Gasteiger partial charge is 0.456 e. The lowest BCUT2D eigenvalue weighted by atomic mass is 10.2. The van der Waals surface area contributed by atoms with Crippen LogP contribution in [-0.4, -0.2) is 61.6 Å². The van der Waals surface area contributed by atoms with Crippen LogP contribution < -0.4 is 11.5 Å². The Labute approximate surface area is 275 Å². The van der Waals surface area contributed by atoms with E-state index < -0.39 is 0 Å². The van der Waals surface area contributed by atoms with E-state index in [9.17, 15) is 0 Å². The van der Waals surface area contributed by atoms with Gasteiger partial charge in [0.05, 0.1) is 47.7 Å². The van der Waals surface area contributed by atoms with Gasteiger partial charge in [-0.2, -0.15) is 0 Å². The predicted octanol–water partition coefficient (Wildman–Crippen LogP) is 3.52. The number of hydrogen-bond acceptors (Lipinski definition) is 11. The Morgan fingerprint density at radius 2 is 1.14 bits per heavy atom. The summed E-state index contributed by atoms with van der Waals surface area (Å²) in [5, 5.41) is 32.0. The van der Waals surface area contributed by atoms with Crippen LogP contribution >= 0.6 is 0 Å². The number of benzene rings is 2. The third-order valence-corrected chi connectivity index (χ3v) is 7.68. The Morgan fingerprint density at radius 3 is 1.59 bits per heavy atom. The van der Waals surface area contributed by atoms with E-state index in [1.54, 1.807) is 46.0 Å². The molecule has 0 fully saturated rings. The molecular formula is C32H28N14O3. The molecule has 17 heteroatoms. The van der Waals surface area contributed by atoms with Crippen LogP contribution in [0.25, 0.3) is 45.2 Å². The first kappa shape index (κ1) is 29.5. The summed E-state index contributed by atoms with van der Waals surface area (Å²) in [5.41, 5.74) is 16.8. The van der Waals surface area contributed by atoms with Crippen molar-refractivity contribution < 1.29 is 13.6 Å². The van der Waals surface area contributed by atoms with Gasteiger partial charge in [-0.25, -0.2) is 19.3 Å². The number of H-pyrrole nitrogens is 2. The summed E-state index contributed by atoms with van der Waals surface area (Å²) in [6, 6.07) is 18.1. The van der Waals surface area contributed by atoms with E-state index in [2.05, 4.69) is 40.6 Å². The fourth-order valence-electron chi connectivity index (χ4n) is 5.31. The van der Waals surface area contributed by atoms with Crippen molar-refractivity contribution in [2.45, 2.75) is 26.3 Å². The topological polar surface area (TPSA) is 254 Å². The third-order valence-electron chi connectivity index (χ3n) is 7.68. The molecular weight excluding hydrogens is 628 g/mol. The van der Waals surface area contributed by atoms with Crippen molar-refractivity contribution in [3.05, 3.63) is 107 Å². The highest BCUT2D eigenvalue weighted by atomic mass is 16.5. The number of fused-ring (bicyclic) bond motifs is 2. The Morgan fingerprint density at radius 1 is 0.673 bits per heavy atom. The molecule has 0 aliphatic rings. The number of nitrogen functional groups attached to an aromatic ring is 2. The van der Waals surface area contributed by atoms with E-state index >= 15 is 0 Å². The predicted molar refractivity (Wildman–Crippen MR) is 176 cm³/mol. The third kappa shape index (κ3) is 6.15. The molecule has 17 nitrogen and oxygen atoms in total. The van der Waals surface area contributed by atoms with Crippen molar-refractivity contribution >= 4 is 33.7 Å². The van der Waals surface area contributed by atoms with Gasteiger partial charge in [-0.05, 0) is 60.7 Å². The van der Waals surface area contributed by atoms with Gasteiger partial charge < -0.3 is 35.0 Å². The first-order valence-corrected chi connectivity index (χ1v) is 15.1. The molecule has 0 saturated heterocycles. The van der Waals surface area contributed by atoms with E-state index in [4.69, 9.17) is 35.9 Å². The quantitative estimate of drug-likeness (QED) is 0.0819. The van der Waals surface area contributed by atoms with Gasteiger partial charge in [-0.1, -0.05) is 10.4 Å². The van der Waals surface area contributed by atoms with Gasteiger partial charge in [0.1, 0.15) is 47.7 Å². The second-order valence-corrected chi connectivity index (χ2v) is 11.3. The highest BCUT2D eigenvalue weighted by molar-refractivity contribution is 5.99. The number of furan rings is 2.